The van der Waals surface area contributed by atoms with Crippen LogP contribution in [0, 0.1) is 0 Å². The van der Waals surface area contributed by atoms with Crippen LogP contribution in [-0.2, 0) is 10.8 Å². The molecular formula is C29H34N2O2S. The molecule has 2 aromatic heterocycles. The second-order valence-electron chi connectivity index (χ2n) is 10.4. The van der Waals surface area contributed by atoms with Crippen molar-refractivity contribution in [2.24, 2.45) is 0 Å². The summed E-state index contributed by atoms with van der Waals surface area (Å²) < 4.78 is 5.84. The Kier molecular flexibility index (Phi) is 6.68. The van der Waals surface area contributed by atoms with Crippen molar-refractivity contribution in [2.75, 3.05) is 7.11 Å². The Bertz CT molecular complexity index is 1190. The summed E-state index contributed by atoms with van der Waals surface area (Å²) in [5.74, 6) is 0.776. The lowest BCUT2D eigenvalue weighted by atomic mass is 9.63. The van der Waals surface area contributed by atoms with E-state index in [1.165, 1.54) is 22.5 Å². The van der Waals surface area contributed by atoms with Gasteiger partial charge in [0, 0.05) is 22.8 Å². The first-order chi connectivity index (χ1) is 16.2. The first-order valence-corrected chi connectivity index (χ1v) is 12.6. The maximum absolute atomic E-state index is 13.1. The number of benzene rings is 1. The summed E-state index contributed by atoms with van der Waals surface area (Å²) in [7, 11) is 1.72. The van der Waals surface area contributed by atoms with Gasteiger partial charge in [-0.25, -0.2) is 0 Å². The quantitative estimate of drug-likeness (QED) is 0.368. The average molecular weight is 475 g/mol. The number of ether oxygens (including phenoxy) is 1. The number of hydrogen-bond donors (Lipinski definition) is 1. The maximum atomic E-state index is 13.1. The van der Waals surface area contributed by atoms with Gasteiger partial charge in [0.05, 0.1) is 18.0 Å². The third kappa shape index (κ3) is 4.67. The van der Waals surface area contributed by atoms with E-state index in [9.17, 15) is 4.79 Å². The summed E-state index contributed by atoms with van der Waals surface area (Å²) in [5.41, 5.74) is 5.02. The summed E-state index contributed by atoms with van der Waals surface area (Å²) in [6.07, 6.45) is 8.26. The molecule has 5 heteroatoms. The predicted octanol–water partition coefficient (Wildman–Crippen LogP) is 7.21. The van der Waals surface area contributed by atoms with E-state index in [-0.39, 0.29) is 22.8 Å². The number of amides is 1. The third-order valence-electron chi connectivity index (χ3n) is 7.08. The normalized spacial score (nSPS) is 16.9. The van der Waals surface area contributed by atoms with Crippen molar-refractivity contribution >= 4 is 17.2 Å². The fraction of sp³-hybridized carbons (Fsp3) is 0.379. The van der Waals surface area contributed by atoms with E-state index in [0.29, 0.717) is 11.3 Å². The molecule has 1 atom stereocenters. The lowest BCUT2D eigenvalue weighted by molar-refractivity contribution is 0.0941. The number of pyridine rings is 1. The number of aromatic nitrogens is 1. The van der Waals surface area contributed by atoms with Gasteiger partial charge >= 0.3 is 0 Å². The predicted molar refractivity (Wildman–Crippen MR) is 141 cm³/mol. The number of hydrogen-bond acceptors (Lipinski definition) is 4. The highest BCUT2D eigenvalue weighted by atomic mass is 32.1. The minimum absolute atomic E-state index is 0.0849. The number of nitrogens with one attached hydrogen (secondary N) is 1. The van der Waals surface area contributed by atoms with Gasteiger partial charge in [0.1, 0.15) is 5.75 Å². The molecule has 0 fully saturated rings. The van der Waals surface area contributed by atoms with Crippen molar-refractivity contribution in [3.8, 4) is 16.2 Å². The first-order valence-electron chi connectivity index (χ1n) is 11.8. The van der Waals surface area contributed by atoms with E-state index < -0.39 is 0 Å². The van der Waals surface area contributed by atoms with Crippen LogP contribution in [0.2, 0.25) is 0 Å². The van der Waals surface area contributed by atoms with Crippen LogP contribution in [0.15, 0.2) is 61.4 Å². The van der Waals surface area contributed by atoms with Crippen molar-refractivity contribution in [3.63, 3.8) is 0 Å². The number of nitrogens with zero attached hydrogens (tertiary/aromatic N) is 1. The zero-order valence-electron chi connectivity index (χ0n) is 20.8. The van der Waals surface area contributed by atoms with Gasteiger partial charge in [0.2, 0.25) is 0 Å². The lowest BCUT2D eigenvalue weighted by Crippen LogP contribution is -2.33. The zero-order chi connectivity index (χ0) is 24.5. The zero-order valence-corrected chi connectivity index (χ0v) is 21.6. The van der Waals surface area contributed by atoms with E-state index in [0.717, 1.165) is 34.6 Å². The van der Waals surface area contributed by atoms with Crippen LogP contribution < -0.4 is 10.1 Å². The number of carbonyl (C=O) groups excluding carboxylic acids is 1. The highest BCUT2D eigenvalue weighted by molar-refractivity contribution is 7.17. The summed E-state index contributed by atoms with van der Waals surface area (Å²) in [6.45, 7) is 13.1. The van der Waals surface area contributed by atoms with Gasteiger partial charge in [-0.15, -0.1) is 17.9 Å². The Labute approximate surface area is 207 Å². The number of methoxy groups -OCH3 is 1. The molecule has 0 radical (unpaired) electrons. The van der Waals surface area contributed by atoms with Gasteiger partial charge in [0.25, 0.3) is 5.91 Å². The Morgan fingerprint density at radius 2 is 1.76 bits per heavy atom. The molecule has 0 spiro atoms. The molecule has 1 unspecified atom stereocenters. The Balaban J connectivity index is 1.66. The molecule has 1 aromatic carbocycles. The molecule has 3 aromatic rings. The first kappa shape index (κ1) is 24.2. The topological polar surface area (TPSA) is 51.2 Å². The number of fused-ring (bicyclic) bond motifs is 1. The molecule has 4 nitrogen and oxygen atoms in total. The number of carbonyl (C=O) groups is 1. The van der Waals surface area contributed by atoms with Gasteiger partial charge in [-0.05, 0) is 83.2 Å². The van der Waals surface area contributed by atoms with Crippen LogP contribution in [0.5, 0.6) is 5.75 Å². The Morgan fingerprint density at radius 1 is 1.12 bits per heavy atom. The smallest absolute Gasteiger partial charge is 0.261 e. The molecule has 34 heavy (non-hydrogen) atoms. The van der Waals surface area contributed by atoms with Crippen LogP contribution in [0.4, 0.5) is 0 Å². The van der Waals surface area contributed by atoms with E-state index in [4.69, 9.17) is 4.74 Å². The van der Waals surface area contributed by atoms with Crippen LogP contribution in [-0.4, -0.2) is 18.0 Å². The lowest BCUT2D eigenvalue weighted by Gasteiger charge is -2.42. The summed E-state index contributed by atoms with van der Waals surface area (Å²) in [4.78, 5) is 18.9. The molecule has 2 heterocycles. The molecule has 1 N–H and O–H groups in total. The standard InChI is InChI=1S/C29H34N2O2S/c1-7-8-23(19-11-15-30-16-12-19)31-27(32)26-10-9-25(34-26)20-17-21-22(18-24(20)33-6)29(4,5)14-13-28(21,2)3/h7,9-12,15-18,23H,1,8,13-14H2,2-6H3,(H,31,32). The van der Waals surface area contributed by atoms with Gasteiger partial charge < -0.3 is 10.1 Å². The molecule has 4 rings (SSSR count). The second-order valence-corrected chi connectivity index (χ2v) is 11.4. The molecular weight excluding hydrogens is 440 g/mol. The van der Waals surface area contributed by atoms with E-state index in [2.05, 4.69) is 56.7 Å². The largest absolute Gasteiger partial charge is 0.496 e. The van der Waals surface area contributed by atoms with E-state index in [1.807, 2.05) is 30.3 Å². The van der Waals surface area contributed by atoms with Gasteiger partial charge in [-0.2, -0.15) is 0 Å². The fourth-order valence-corrected chi connectivity index (χ4v) is 5.76. The molecule has 178 valence electrons. The minimum Gasteiger partial charge on any atom is -0.496 e. The van der Waals surface area contributed by atoms with Crippen molar-refractivity contribution in [1.29, 1.82) is 0 Å². The van der Waals surface area contributed by atoms with Crippen LogP contribution in [0.3, 0.4) is 0 Å². The fourth-order valence-electron chi connectivity index (χ4n) is 4.83. The van der Waals surface area contributed by atoms with Crippen LogP contribution >= 0.6 is 11.3 Å². The van der Waals surface area contributed by atoms with Gasteiger partial charge in [0.15, 0.2) is 0 Å². The minimum atomic E-state index is -0.139. The molecule has 0 bridgehead atoms. The summed E-state index contributed by atoms with van der Waals surface area (Å²) >= 11 is 1.50. The van der Waals surface area contributed by atoms with E-state index in [1.54, 1.807) is 19.5 Å². The highest BCUT2D eigenvalue weighted by Gasteiger charge is 2.38. The Hall–Kier alpha value is -2.92. The average Bonchev–Trinajstić information content (AvgIpc) is 3.32. The summed E-state index contributed by atoms with van der Waals surface area (Å²) in [5, 5.41) is 3.16. The summed E-state index contributed by atoms with van der Waals surface area (Å²) in [6, 6.07) is 12.2. The second kappa shape index (κ2) is 9.38. The molecule has 1 amide bonds. The Morgan fingerprint density at radius 3 is 2.38 bits per heavy atom. The maximum Gasteiger partial charge on any atom is 0.261 e. The third-order valence-corrected chi connectivity index (χ3v) is 8.20. The SMILES string of the molecule is C=CCC(NC(=O)c1ccc(-c2cc3c(cc2OC)C(C)(C)CCC3(C)C)s1)c1ccncc1. The number of rotatable bonds is 7. The van der Waals surface area contributed by atoms with Crippen molar-refractivity contribution in [2.45, 2.75) is 63.8 Å². The van der Waals surface area contributed by atoms with Gasteiger partial charge in [-0.1, -0.05) is 33.8 Å². The monoisotopic (exact) mass is 474 g/mol. The van der Waals surface area contributed by atoms with Crippen molar-refractivity contribution < 1.29 is 9.53 Å². The van der Waals surface area contributed by atoms with Crippen molar-refractivity contribution in [3.05, 3.63) is 83.0 Å². The van der Waals surface area contributed by atoms with E-state index >= 15 is 0 Å². The molecule has 1 aliphatic carbocycles. The number of thiophene rings is 1. The van der Waals surface area contributed by atoms with Gasteiger partial charge in [-0.3, -0.25) is 9.78 Å². The molecule has 1 aliphatic rings. The van der Waals surface area contributed by atoms with Crippen molar-refractivity contribution in [1.82, 2.24) is 10.3 Å². The van der Waals surface area contributed by atoms with Crippen LogP contribution in [0.25, 0.3) is 10.4 Å². The molecule has 0 saturated carbocycles. The highest BCUT2D eigenvalue weighted by Crippen LogP contribution is 2.49. The molecule has 0 saturated heterocycles. The van der Waals surface area contributed by atoms with Crippen LogP contribution in [0.1, 0.15) is 79.4 Å². The molecule has 0 aliphatic heterocycles.